The van der Waals surface area contributed by atoms with Crippen LogP contribution in [0.5, 0.6) is 0 Å². The molecule has 1 aromatic heterocycles. The van der Waals surface area contributed by atoms with Crippen LogP contribution >= 0.6 is 11.6 Å². The van der Waals surface area contributed by atoms with Crippen molar-refractivity contribution in [2.45, 2.75) is 46.1 Å². The number of hydrogen-bond acceptors (Lipinski definition) is 4. The molecule has 0 fully saturated rings. The predicted molar refractivity (Wildman–Crippen MR) is 73.8 cm³/mol. The average Bonchev–Trinajstić information content (AvgIpc) is 2.30. The summed E-state index contributed by atoms with van der Waals surface area (Å²) in [6.07, 6.45) is 3.65. The molecule has 0 amide bonds. The highest BCUT2D eigenvalue weighted by atomic mass is 35.5. The van der Waals surface area contributed by atoms with Crippen LogP contribution in [0.3, 0.4) is 0 Å². The standard InChI is InChI=1S/C12H21ClN4/c1-5-7-14-11-15-8-9(13)10(16-11)17-12(3,4)6-2/h8H,5-7H2,1-4H3,(H2,14,15,16,17). The first-order valence-electron chi connectivity index (χ1n) is 6.03. The number of aromatic nitrogens is 2. The molecule has 0 aromatic carbocycles. The van der Waals surface area contributed by atoms with Crippen LogP contribution in [-0.4, -0.2) is 22.1 Å². The van der Waals surface area contributed by atoms with Crippen molar-refractivity contribution in [1.29, 1.82) is 0 Å². The molecule has 17 heavy (non-hydrogen) atoms. The Bertz CT molecular complexity index is 366. The van der Waals surface area contributed by atoms with Gasteiger partial charge in [-0.2, -0.15) is 4.98 Å². The third-order valence-corrected chi connectivity index (χ3v) is 2.89. The van der Waals surface area contributed by atoms with E-state index in [1.807, 2.05) is 0 Å². The summed E-state index contributed by atoms with van der Waals surface area (Å²) >= 11 is 6.08. The monoisotopic (exact) mass is 256 g/mol. The van der Waals surface area contributed by atoms with E-state index < -0.39 is 0 Å². The number of halogens is 1. The topological polar surface area (TPSA) is 49.8 Å². The molecular weight excluding hydrogens is 236 g/mol. The molecule has 2 N–H and O–H groups in total. The van der Waals surface area contributed by atoms with E-state index in [0.29, 0.717) is 16.8 Å². The van der Waals surface area contributed by atoms with Crippen molar-refractivity contribution in [3.63, 3.8) is 0 Å². The van der Waals surface area contributed by atoms with Crippen molar-refractivity contribution < 1.29 is 0 Å². The molecule has 0 bridgehead atoms. The number of anilines is 2. The van der Waals surface area contributed by atoms with Crippen LogP contribution in [0.1, 0.15) is 40.5 Å². The van der Waals surface area contributed by atoms with Crippen molar-refractivity contribution in [3.8, 4) is 0 Å². The van der Waals surface area contributed by atoms with Gasteiger partial charge in [-0.05, 0) is 26.7 Å². The van der Waals surface area contributed by atoms with Gasteiger partial charge < -0.3 is 10.6 Å². The molecule has 0 unspecified atom stereocenters. The second-order valence-corrected chi connectivity index (χ2v) is 5.09. The second kappa shape index (κ2) is 6.05. The Morgan fingerprint density at radius 1 is 1.35 bits per heavy atom. The smallest absolute Gasteiger partial charge is 0.224 e. The summed E-state index contributed by atoms with van der Waals surface area (Å²) in [6, 6.07) is 0. The maximum absolute atomic E-state index is 6.08. The lowest BCUT2D eigenvalue weighted by Gasteiger charge is -2.25. The van der Waals surface area contributed by atoms with E-state index >= 15 is 0 Å². The largest absolute Gasteiger partial charge is 0.364 e. The van der Waals surface area contributed by atoms with E-state index in [1.165, 1.54) is 0 Å². The lowest BCUT2D eigenvalue weighted by molar-refractivity contribution is 0.545. The van der Waals surface area contributed by atoms with Crippen LogP contribution in [0.25, 0.3) is 0 Å². The maximum atomic E-state index is 6.08. The van der Waals surface area contributed by atoms with E-state index in [0.717, 1.165) is 19.4 Å². The van der Waals surface area contributed by atoms with Gasteiger partial charge in [-0.15, -0.1) is 0 Å². The SMILES string of the molecule is CCCNc1ncc(Cl)c(NC(C)(C)CC)n1. The molecule has 0 saturated carbocycles. The Hall–Kier alpha value is -1.03. The molecule has 0 aliphatic carbocycles. The highest BCUT2D eigenvalue weighted by Gasteiger charge is 2.17. The van der Waals surface area contributed by atoms with Crippen LogP contribution in [-0.2, 0) is 0 Å². The molecule has 1 aromatic rings. The average molecular weight is 257 g/mol. The fourth-order valence-electron chi connectivity index (χ4n) is 1.19. The molecule has 0 aliphatic rings. The van der Waals surface area contributed by atoms with Gasteiger partial charge in [0.1, 0.15) is 5.02 Å². The fourth-order valence-corrected chi connectivity index (χ4v) is 1.32. The van der Waals surface area contributed by atoms with Gasteiger partial charge in [0.25, 0.3) is 0 Å². The zero-order valence-electron chi connectivity index (χ0n) is 11.0. The molecule has 0 radical (unpaired) electrons. The highest BCUT2D eigenvalue weighted by molar-refractivity contribution is 6.32. The minimum atomic E-state index is -0.0278. The first-order valence-corrected chi connectivity index (χ1v) is 6.41. The van der Waals surface area contributed by atoms with Crippen molar-refractivity contribution in [2.75, 3.05) is 17.2 Å². The zero-order chi connectivity index (χ0) is 12.9. The van der Waals surface area contributed by atoms with Gasteiger partial charge in [0, 0.05) is 12.1 Å². The van der Waals surface area contributed by atoms with E-state index in [-0.39, 0.29) is 5.54 Å². The summed E-state index contributed by atoms with van der Waals surface area (Å²) in [5.41, 5.74) is -0.0278. The summed E-state index contributed by atoms with van der Waals surface area (Å²) in [6.45, 7) is 9.31. The van der Waals surface area contributed by atoms with Crippen molar-refractivity contribution in [2.24, 2.45) is 0 Å². The van der Waals surface area contributed by atoms with Gasteiger partial charge in [-0.1, -0.05) is 25.4 Å². The minimum Gasteiger partial charge on any atom is -0.364 e. The third-order valence-electron chi connectivity index (χ3n) is 2.62. The molecule has 0 atom stereocenters. The van der Waals surface area contributed by atoms with Crippen molar-refractivity contribution >= 4 is 23.4 Å². The van der Waals surface area contributed by atoms with Crippen LogP contribution in [0.15, 0.2) is 6.20 Å². The van der Waals surface area contributed by atoms with Crippen LogP contribution in [0, 0.1) is 0 Å². The number of nitrogens with zero attached hydrogens (tertiary/aromatic N) is 2. The van der Waals surface area contributed by atoms with Crippen LogP contribution in [0.4, 0.5) is 11.8 Å². The zero-order valence-corrected chi connectivity index (χ0v) is 11.7. The molecular formula is C12H21ClN4. The lowest BCUT2D eigenvalue weighted by atomic mass is 10.0. The Labute approximate surface area is 108 Å². The fraction of sp³-hybridized carbons (Fsp3) is 0.667. The van der Waals surface area contributed by atoms with Crippen LogP contribution in [0.2, 0.25) is 5.02 Å². The predicted octanol–water partition coefficient (Wildman–Crippen LogP) is 3.55. The molecule has 5 heteroatoms. The van der Waals surface area contributed by atoms with E-state index in [9.17, 15) is 0 Å². The Balaban J connectivity index is 2.83. The molecule has 0 saturated heterocycles. The molecule has 96 valence electrons. The van der Waals surface area contributed by atoms with Gasteiger partial charge in [-0.25, -0.2) is 4.98 Å². The van der Waals surface area contributed by atoms with Gasteiger partial charge in [-0.3, -0.25) is 0 Å². The third kappa shape index (κ3) is 4.38. The molecule has 0 aliphatic heterocycles. The van der Waals surface area contributed by atoms with E-state index in [1.54, 1.807) is 6.20 Å². The summed E-state index contributed by atoms with van der Waals surface area (Å²) < 4.78 is 0. The highest BCUT2D eigenvalue weighted by Crippen LogP contribution is 2.24. The normalized spacial score (nSPS) is 11.4. The van der Waals surface area contributed by atoms with Gasteiger partial charge in [0.05, 0.1) is 6.20 Å². The number of rotatable bonds is 6. The first kappa shape index (κ1) is 14.0. The van der Waals surface area contributed by atoms with Gasteiger partial charge in [0.15, 0.2) is 5.82 Å². The second-order valence-electron chi connectivity index (χ2n) is 4.68. The molecule has 4 nitrogen and oxygen atoms in total. The number of nitrogens with one attached hydrogen (secondary N) is 2. The van der Waals surface area contributed by atoms with Gasteiger partial charge >= 0.3 is 0 Å². The van der Waals surface area contributed by atoms with Gasteiger partial charge in [0.2, 0.25) is 5.95 Å². The van der Waals surface area contributed by atoms with Crippen molar-refractivity contribution in [3.05, 3.63) is 11.2 Å². The van der Waals surface area contributed by atoms with E-state index in [4.69, 9.17) is 11.6 Å². The Kier molecular flexibility index (Phi) is 5.00. The summed E-state index contributed by atoms with van der Waals surface area (Å²) in [4.78, 5) is 8.52. The summed E-state index contributed by atoms with van der Waals surface area (Å²) in [7, 11) is 0. The number of hydrogen-bond donors (Lipinski definition) is 2. The molecule has 0 spiro atoms. The Morgan fingerprint density at radius 3 is 2.65 bits per heavy atom. The summed E-state index contributed by atoms with van der Waals surface area (Å²) in [5.74, 6) is 1.30. The van der Waals surface area contributed by atoms with Crippen LogP contribution < -0.4 is 10.6 Å². The van der Waals surface area contributed by atoms with Crippen molar-refractivity contribution in [1.82, 2.24) is 9.97 Å². The lowest BCUT2D eigenvalue weighted by Crippen LogP contribution is -2.30. The quantitative estimate of drug-likeness (QED) is 0.817. The molecule has 1 heterocycles. The van der Waals surface area contributed by atoms with E-state index in [2.05, 4.69) is 48.3 Å². The molecule has 1 rings (SSSR count). The maximum Gasteiger partial charge on any atom is 0.224 e. The summed E-state index contributed by atoms with van der Waals surface area (Å²) in [5, 5.41) is 7.02. The first-order chi connectivity index (χ1) is 7.98. The Morgan fingerprint density at radius 2 is 2.06 bits per heavy atom. The minimum absolute atomic E-state index is 0.0278.